The van der Waals surface area contributed by atoms with Gasteiger partial charge in [-0.2, -0.15) is 0 Å². The van der Waals surface area contributed by atoms with Crippen LogP contribution in [0.3, 0.4) is 0 Å². The molecule has 4 heteroatoms. The number of carbonyl (C=O) groups is 2. The van der Waals surface area contributed by atoms with Crippen molar-refractivity contribution in [2.45, 2.75) is 40.2 Å². The predicted molar refractivity (Wildman–Crippen MR) is 61.2 cm³/mol. The summed E-state index contributed by atoms with van der Waals surface area (Å²) in [6, 6.07) is 1.56. The van der Waals surface area contributed by atoms with Crippen LogP contribution in [0.15, 0.2) is 6.07 Å². The number of nitrogens with zero attached hydrogens (tertiary/aromatic N) is 1. The molecule has 1 aromatic heterocycles. The summed E-state index contributed by atoms with van der Waals surface area (Å²) < 4.78 is 1.81. The summed E-state index contributed by atoms with van der Waals surface area (Å²) >= 11 is 0. The number of ketones is 1. The van der Waals surface area contributed by atoms with E-state index in [1.807, 2.05) is 25.3 Å². The van der Waals surface area contributed by atoms with E-state index in [-0.39, 0.29) is 17.4 Å². The summed E-state index contributed by atoms with van der Waals surface area (Å²) in [5.74, 6) is -1.07. The van der Waals surface area contributed by atoms with E-state index in [2.05, 4.69) is 0 Å². The topological polar surface area (TPSA) is 59.3 Å². The van der Waals surface area contributed by atoms with Gasteiger partial charge in [-0.15, -0.1) is 0 Å². The molecule has 1 aromatic rings. The van der Waals surface area contributed by atoms with E-state index in [0.717, 1.165) is 0 Å². The summed E-state index contributed by atoms with van der Waals surface area (Å²) in [6.07, 6.45) is 0.604. The molecule has 0 aliphatic rings. The Morgan fingerprint density at radius 1 is 1.44 bits per heavy atom. The number of aromatic carboxylic acids is 1. The third-order valence-electron chi connectivity index (χ3n) is 2.58. The van der Waals surface area contributed by atoms with Gasteiger partial charge in [-0.05, 0) is 26.3 Å². The third-order valence-corrected chi connectivity index (χ3v) is 2.58. The third kappa shape index (κ3) is 2.01. The molecule has 0 aromatic carbocycles. The van der Waals surface area contributed by atoms with Crippen LogP contribution in [0.4, 0.5) is 0 Å². The van der Waals surface area contributed by atoms with Crippen LogP contribution in [-0.2, 0) is 6.42 Å². The average molecular weight is 223 g/mol. The van der Waals surface area contributed by atoms with Gasteiger partial charge in [-0.1, -0.05) is 6.92 Å². The maximum absolute atomic E-state index is 11.5. The lowest BCUT2D eigenvalue weighted by Crippen LogP contribution is -2.12. The van der Waals surface area contributed by atoms with Gasteiger partial charge in [-0.25, -0.2) is 4.79 Å². The molecule has 16 heavy (non-hydrogen) atoms. The Bertz CT molecular complexity index is 430. The largest absolute Gasteiger partial charge is 0.478 e. The van der Waals surface area contributed by atoms with E-state index in [1.54, 1.807) is 0 Å². The number of carboxylic acid groups (broad SMARTS) is 1. The molecule has 1 N–H and O–H groups in total. The highest BCUT2D eigenvalue weighted by Gasteiger charge is 2.21. The van der Waals surface area contributed by atoms with Crippen molar-refractivity contribution >= 4 is 11.8 Å². The van der Waals surface area contributed by atoms with Gasteiger partial charge in [0.15, 0.2) is 5.78 Å². The summed E-state index contributed by atoms with van der Waals surface area (Å²) in [5, 5.41) is 9.07. The van der Waals surface area contributed by atoms with Gasteiger partial charge >= 0.3 is 5.97 Å². The summed E-state index contributed by atoms with van der Waals surface area (Å²) in [6.45, 7) is 7.23. The highest BCUT2D eigenvalue weighted by atomic mass is 16.4. The number of hydrogen-bond donors (Lipinski definition) is 1. The number of rotatable bonds is 4. The van der Waals surface area contributed by atoms with Crippen LogP contribution in [0.2, 0.25) is 0 Å². The second-order valence-corrected chi connectivity index (χ2v) is 4.07. The predicted octanol–water partition coefficient (Wildman–Crippen LogP) is 2.53. The van der Waals surface area contributed by atoms with E-state index in [4.69, 9.17) is 5.11 Å². The molecule has 0 bridgehead atoms. The minimum atomic E-state index is -0.973. The molecule has 88 valence electrons. The fourth-order valence-corrected chi connectivity index (χ4v) is 1.97. The van der Waals surface area contributed by atoms with Gasteiger partial charge in [0.25, 0.3) is 0 Å². The number of Topliss-reactive ketones (excluding diaryl/α,β-unsaturated/α-hetero) is 1. The Balaban J connectivity index is 3.52. The fourth-order valence-electron chi connectivity index (χ4n) is 1.97. The van der Waals surface area contributed by atoms with Crippen molar-refractivity contribution in [1.29, 1.82) is 0 Å². The quantitative estimate of drug-likeness (QED) is 0.798. The van der Waals surface area contributed by atoms with Crippen molar-refractivity contribution in [3.63, 3.8) is 0 Å². The minimum Gasteiger partial charge on any atom is -0.478 e. The van der Waals surface area contributed by atoms with Crippen LogP contribution in [0.25, 0.3) is 0 Å². The van der Waals surface area contributed by atoms with E-state index >= 15 is 0 Å². The van der Waals surface area contributed by atoms with Crippen LogP contribution in [0, 0.1) is 0 Å². The highest BCUT2D eigenvalue weighted by Crippen LogP contribution is 2.22. The Kier molecular flexibility index (Phi) is 3.52. The van der Waals surface area contributed by atoms with Gasteiger partial charge < -0.3 is 9.67 Å². The molecule has 0 saturated carbocycles. The highest BCUT2D eigenvalue weighted by molar-refractivity contribution is 5.97. The average Bonchev–Trinajstić information content (AvgIpc) is 2.56. The first-order chi connectivity index (χ1) is 7.40. The first kappa shape index (κ1) is 12.5. The maximum Gasteiger partial charge on any atom is 0.337 e. The number of carbonyl (C=O) groups excluding carboxylic acids is 1. The molecule has 1 rings (SSSR count). The van der Waals surface area contributed by atoms with Crippen LogP contribution < -0.4 is 0 Å². The summed E-state index contributed by atoms with van der Waals surface area (Å²) in [7, 11) is 0. The minimum absolute atomic E-state index is 0.0851. The fraction of sp³-hybridized carbons (Fsp3) is 0.500. The van der Waals surface area contributed by atoms with E-state index in [1.165, 1.54) is 13.0 Å². The molecule has 0 unspecified atom stereocenters. The lowest BCUT2D eigenvalue weighted by molar-refractivity contribution is 0.0695. The molecule has 1 heterocycles. The van der Waals surface area contributed by atoms with Gasteiger partial charge in [0.1, 0.15) is 0 Å². The Morgan fingerprint density at radius 3 is 2.31 bits per heavy atom. The van der Waals surface area contributed by atoms with Gasteiger partial charge in [0.05, 0.1) is 11.3 Å². The van der Waals surface area contributed by atoms with Crippen molar-refractivity contribution in [3.8, 4) is 0 Å². The number of carboxylic acids is 1. The normalized spacial score (nSPS) is 10.8. The Labute approximate surface area is 94.9 Å². The molecule has 0 aliphatic heterocycles. The summed E-state index contributed by atoms with van der Waals surface area (Å²) in [4.78, 5) is 22.5. The second-order valence-electron chi connectivity index (χ2n) is 4.07. The van der Waals surface area contributed by atoms with E-state index in [9.17, 15) is 9.59 Å². The van der Waals surface area contributed by atoms with Crippen molar-refractivity contribution in [2.24, 2.45) is 0 Å². The van der Waals surface area contributed by atoms with Crippen LogP contribution in [0.1, 0.15) is 60.3 Å². The second kappa shape index (κ2) is 4.51. The zero-order valence-corrected chi connectivity index (χ0v) is 10.1. The monoisotopic (exact) mass is 223 g/mol. The van der Waals surface area contributed by atoms with Crippen molar-refractivity contribution in [2.75, 3.05) is 0 Å². The first-order valence-corrected chi connectivity index (χ1v) is 5.38. The van der Waals surface area contributed by atoms with Gasteiger partial charge in [-0.3, -0.25) is 4.79 Å². The van der Waals surface area contributed by atoms with E-state index in [0.29, 0.717) is 17.8 Å². The molecular formula is C12H17NO3. The lowest BCUT2D eigenvalue weighted by atomic mass is 10.2. The first-order valence-electron chi connectivity index (χ1n) is 5.38. The molecular weight excluding hydrogens is 206 g/mol. The molecule has 0 fully saturated rings. The van der Waals surface area contributed by atoms with Crippen LogP contribution in [0.5, 0.6) is 0 Å². The lowest BCUT2D eigenvalue weighted by Gasteiger charge is -2.15. The molecule has 0 radical (unpaired) electrons. The standard InChI is InChI=1S/C12H17NO3/c1-5-10-9(12(15)16)6-11(8(4)14)13(10)7(2)3/h6-7H,5H2,1-4H3,(H,15,16). The Hall–Kier alpha value is -1.58. The zero-order valence-electron chi connectivity index (χ0n) is 10.1. The van der Waals surface area contributed by atoms with Crippen molar-refractivity contribution < 1.29 is 14.7 Å². The molecule has 0 aliphatic carbocycles. The van der Waals surface area contributed by atoms with Crippen LogP contribution >= 0.6 is 0 Å². The van der Waals surface area contributed by atoms with E-state index < -0.39 is 5.97 Å². The zero-order chi connectivity index (χ0) is 12.5. The van der Waals surface area contributed by atoms with Crippen LogP contribution in [-0.4, -0.2) is 21.4 Å². The van der Waals surface area contributed by atoms with Crippen molar-refractivity contribution in [3.05, 3.63) is 23.0 Å². The molecule has 4 nitrogen and oxygen atoms in total. The Morgan fingerprint density at radius 2 is 2.00 bits per heavy atom. The maximum atomic E-state index is 11.5. The molecule has 0 amide bonds. The van der Waals surface area contributed by atoms with Gasteiger partial charge in [0.2, 0.25) is 0 Å². The molecule has 0 spiro atoms. The number of aromatic nitrogens is 1. The smallest absolute Gasteiger partial charge is 0.337 e. The molecule has 0 atom stereocenters. The van der Waals surface area contributed by atoms with Crippen molar-refractivity contribution in [1.82, 2.24) is 4.57 Å². The SMILES string of the molecule is CCc1c(C(=O)O)cc(C(C)=O)n1C(C)C. The van der Waals surface area contributed by atoms with Gasteiger partial charge in [0, 0.05) is 18.7 Å². The summed E-state index contributed by atoms with van der Waals surface area (Å²) in [5.41, 5.74) is 1.43. The molecule has 0 saturated heterocycles. The number of hydrogen-bond acceptors (Lipinski definition) is 2.